The molecule has 0 aliphatic rings. The summed E-state index contributed by atoms with van der Waals surface area (Å²) in [7, 11) is 1.98. The molecule has 0 amide bonds. The topological polar surface area (TPSA) is 39.9 Å². The van der Waals surface area contributed by atoms with Gasteiger partial charge >= 0.3 is 0 Å². The molecule has 0 fully saturated rings. The number of pyridine rings is 1. The fourth-order valence-electron chi connectivity index (χ4n) is 1.33. The molecular weight excluding hydrogens is 206 g/mol. The second kappa shape index (κ2) is 5.62. The van der Waals surface area contributed by atoms with Gasteiger partial charge in [-0.05, 0) is 25.3 Å². The van der Waals surface area contributed by atoms with E-state index in [-0.39, 0.29) is 0 Å². The monoisotopic (exact) mass is 221 g/mol. The summed E-state index contributed by atoms with van der Waals surface area (Å²) < 4.78 is 0. The Morgan fingerprint density at radius 2 is 2.40 bits per heavy atom. The summed E-state index contributed by atoms with van der Waals surface area (Å²) >= 11 is 1.79. The largest absolute Gasteiger partial charge is 0.355 e. The van der Waals surface area contributed by atoms with E-state index in [9.17, 15) is 0 Å². The highest BCUT2D eigenvalue weighted by Crippen LogP contribution is 2.18. The molecule has 15 heavy (non-hydrogen) atoms. The Bertz CT molecular complexity index is 359. The van der Waals surface area contributed by atoms with Crippen LogP contribution in [-0.4, -0.2) is 30.1 Å². The third-order valence-electron chi connectivity index (χ3n) is 2.31. The third kappa shape index (κ3) is 2.87. The van der Waals surface area contributed by atoms with Crippen LogP contribution in [0.2, 0.25) is 0 Å². The quantitative estimate of drug-likeness (QED) is 0.781. The van der Waals surface area contributed by atoms with Gasteiger partial charge in [0, 0.05) is 25.0 Å². The van der Waals surface area contributed by atoms with Crippen molar-refractivity contribution < 1.29 is 0 Å². The van der Waals surface area contributed by atoms with Crippen LogP contribution in [-0.2, 0) is 0 Å². The number of aromatic nitrogens is 1. The molecule has 0 aliphatic carbocycles. The molecule has 0 aliphatic heterocycles. The Morgan fingerprint density at radius 1 is 1.67 bits per heavy atom. The Morgan fingerprint density at radius 3 is 3.00 bits per heavy atom. The van der Waals surface area contributed by atoms with Gasteiger partial charge in [0.15, 0.2) is 0 Å². The maximum atomic E-state index is 8.96. The number of hydrogen-bond donors (Lipinski definition) is 0. The van der Waals surface area contributed by atoms with Crippen LogP contribution in [0, 0.1) is 11.3 Å². The summed E-state index contributed by atoms with van der Waals surface area (Å²) in [5, 5.41) is 8.96. The van der Waals surface area contributed by atoms with Crippen molar-refractivity contribution in [2.75, 3.05) is 24.0 Å². The maximum Gasteiger partial charge on any atom is 0.146 e. The molecule has 3 nitrogen and oxygen atoms in total. The fourth-order valence-corrected chi connectivity index (χ4v) is 2.03. The minimum absolute atomic E-state index is 0.377. The van der Waals surface area contributed by atoms with Crippen LogP contribution < -0.4 is 4.90 Å². The molecular formula is C11H15N3S. The summed E-state index contributed by atoms with van der Waals surface area (Å²) in [6.45, 7) is 2.13. The van der Waals surface area contributed by atoms with E-state index in [1.807, 2.05) is 7.05 Å². The molecule has 0 bridgehead atoms. The maximum absolute atomic E-state index is 8.96. The van der Waals surface area contributed by atoms with Crippen LogP contribution in [0.4, 0.5) is 5.82 Å². The van der Waals surface area contributed by atoms with Gasteiger partial charge in [0.1, 0.15) is 11.9 Å². The Hall–Kier alpha value is -1.21. The van der Waals surface area contributed by atoms with Crippen LogP contribution in [0.25, 0.3) is 0 Å². The second-order valence-corrected chi connectivity index (χ2v) is 4.31. The van der Waals surface area contributed by atoms with Gasteiger partial charge < -0.3 is 4.90 Å². The molecule has 0 radical (unpaired) electrons. The molecule has 0 saturated heterocycles. The van der Waals surface area contributed by atoms with Crippen molar-refractivity contribution in [2.45, 2.75) is 13.0 Å². The standard InChI is InChI=1S/C11H15N3S/c1-9(8-15-3)14(2)11-10(7-12)5-4-6-13-11/h4-6,9H,8H2,1-3H3. The molecule has 0 saturated carbocycles. The normalized spacial score (nSPS) is 11.9. The van der Waals surface area contributed by atoms with E-state index in [1.54, 1.807) is 30.1 Å². The lowest BCUT2D eigenvalue weighted by Crippen LogP contribution is -2.32. The molecule has 1 rings (SSSR count). The van der Waals surface area contributed by atoms with Crippen molar-refractivity contribution in [3.8, 4) is 6.07 Å². The first kappa shape index (κ1) is 11.9. The van der Waals surface area contributed by atoms with E-state index >= 15 is 0 Å². The summed E-state index contributed by atoms with van der Waals surface area (Å²) in [4.78, 5) is 6.30. The van der Waals surface area contributed by atoms with E-state index in [0.717, 1.165) is 11.6 Å². The van der Waals surface area contributed by atoms with Gasteiger partial charge in [-0.25, -0.2) is 4.98 Å². The van der Waals surface area contributed by atoms with E-state index in [1.165, 1.54) is 0 Å². The molecule has 1 aromatic heterocycles. The molecule has 0 spiro atoms. The van der Waals surface area contributed by atoms with Gasteiger partial charge in [0.25, 0.3) is 0 Å². The Balaban J connectivity index is 2.91. The zero-order chi connectivity index (χ0) is 11.3. The number of hydrogen-bond acceptors (Lipinski definition) is 4. The number of rotatable bonds is 4. The van der Waals surface area contributed by atoms with Crippen molar-refractivity contribution in [1.29, 1.82) is 5.26 Å². The van der Waals surface area contributed by atoms with E-state index in [4.69, 9.17) is 5.26 Å². The number of nitriles is 1. The minimum Gasteiger partial charge on any atom is -0.355 e. The average molecular weight is 221 g/mol. The number of nitrogens with zero attached hydrogens (tertiary/aromatic N) is 3. The first-order valence-corrected chi connectivity index (χ1v) is 6.17. The Labute approximate surface area is 95.1 Å². The predicted octanol–water partition coefficient (Wildman–Crippen LogP) is 2.14. The zero-order valence-corrected chi connectivity index (χ0v) is 10.1. The molecule has 1 unspecified atom stereocenters. The molecule has 1 heterocycles. The highest BCUT2D eigenvalue weighted by atomic mass is 32.2. The fraction of sp³-hybridized carbons (Fsp3) is 0.455. The van der Waals surface area contributed by atoms with Crippen molar-refractivity contribution >= 4 is 17.6 Å². The van der Waals surface area contributed by atoms with Gasteiger partial charge in [-0.3, -0.25) is 0 Å². The van der Waals surface area contributed by atoms with Crippen LogP contribution in [0.3, 0.4) is 0 Å². The van der Waals surface area contributed by atoms with Crippen molar-refractivity contribution in [1.82, 2.24) is 4.98 Å². The molecule has 1 aromatic rings. The van der Waals surface area contributed by atoms with Crippen LogP contribution in [0.5, 0.6) is 0 Å². The molecule has 4 heteroatoms. The van der Waals surface area contributed by atoms with Crippen LogP contribution in [0.15, 0.2) is 18.3 Å². The highest BCUT2D eigenvalue weighted by Gasteiger charge is 2.13. The van der Waals surface area contributed by atoms with E-state index < -0.39 is 0 Å². The summed E-state index contributed by atoms with van der Waals surface area (Å²) in [6, 6.07) is 6.12. The highest BCUT2D eigenvalue weighted by molar-refractivity contribution is 7.98. The van der Waals surface area contributed by atoms with Crippen molar-refractivity contribution in [2.24, 2.45) is 0 Å². The molecule has 0 aromatic carbocycles. The molecule has 80 valence electrons. The lowest BCUT2D eigenvalue weighted by atomic mass is 10.2. The van der Waals surface area contributed by atoms with Crippen LogP contribution >= 0.6 is 11.8 Å². The zero-order valence-electron chi connectivity index (χ0n) is 9.27. The summed E-state index contributed by atoms with van der Waals surface area (Å²) in [5.74, 6) is 1.79. The Kier molecular flexibility index (Phi) is 4.44. The SMILES string of the molecule is CSCC(C)N(C)c1ncccc1C#N. The lowest BCUT2D eigenvalue weighted by Gasteiger charge is -2.25. The first-order valence-electron chi connectivity index (χ1n) is 4.77. The first-order chi connectivity index (χ1) is 7.20. The van der Waals surface area contributed by atoms with Gasteiger partial charge in [-0.1, -0.05) is 0 Å². The predicted molar refractivity (Wildman–Crippen MR) is 65.2 cm³/mol. The number of thioether (sulfide) groups is 1. The molecule has 1 atom stereocenters. The third-order valence-corrected chi connectivity index (χ3v) is 3.13. The smallest absolute Gasteiger partial charge is 0.146 e. The van der Waals surface area contributed by atoms with E-state index in [0.29, 0.717) is 11.6 Å². The van der Waals surface area contributed by atoms with Gasteiger partial charge in [0.05, 0.1) is 5.56 Å². The minimum atomic E-state index is 0.377. The average Bonchev–Trinajstić information content (AvgIpc) is 2.28. The summed E-state index contributed by atoms with van der Waals surface area (Å²) in [6.07, 6.45) is 3.80. The van der Waals surface area contributed by atoms with Crippen LogP contribution in [0.1, 0.15) is 12.5 Å². The van der Waals surface area contributed by atoms with Crippen molar-refractivity contribution in [3.63, 3.8) is 0 Å². The van der Waals surface area contributed by atoms with Gasteiger partial charge in [0.2, 0.25) is 0 Å². The lowest BCUT2D eigenvalue weighted by molar-refractivity contribution is 0.752. The number of anilines is 1. The summed E-state index contributed by atoms with van der Waals surface area (Å²) in [5.41, 5.74) is 0.632. The van der Waals surface area contributed by atoms with Gasteiger partial charge in [-0.15, -0.1) is 0 Å². The van der Waals surface area contributed by atoms with E-state index in [2.05, 4.69) is 29.1 Å². The molecule has 0 N–H and O–H groups in total. The van der Waals surface area contributed by atoms with Gasteiger partial charge in [-0.2, -0.15) is 17.0 Å². The van der Waals surface area contributed by atoms with Crippen molar-refractivity contribution in [3.05, 3.63) is 23.9 Å². The second-order valence-electron chi connectivity index (χ2n) is 3.40.